The van der Waals surface area contributed by atoms with Gasteiger partial charge in [0.15, 0.2) is 0 Å². The summed E-state index contributed by atoms with van der Waals surface area (Å²) in [4.78, 5) is 28.7. The summed E-state index contributed by atoms with van der Waals surface area (Å²) in [5.74, 6) is 0.191. The van der Waals surface area contributed by atoms with E-state index >= 15 is 0 Å². The van der Waals surface area contributed by atoms with Crippen LogP contribution in [0.25, 0.3) is 0 Å². The molecule has 1 aliphatic heterocycles. The van der Waals surface area contributed by atoms with Crippen molar-refractivity contribution in [2.24, 2.45) is 0 Å². The van der Waals surface area contributed by atoms with Gasteiger partial charge in [0.2, 0.25) is 0 Å². The summed E-state index contributed by atoms with van der Waals surface area (Å²) in [6.07, 6.45) is 2.86. The number of ether oxygens (including phenoxy) is 2. The first-order valence-electron chi connectivity index (χ1n) is 19.3. The summed E-state index contributed by atoms with van der Waals surface area (Å²) >= 11 is 0. The largest absolute Gasteiger partial charge is 0.507 e. The number of hydrogen-bond acceptors (Lipinski definition) is 7. The van der Waals surface area contributed by atoms with Crippen molar-refractivity contribution in [2.45, 2.75) is 188 Å². The molecule has 52 heavy (non-hydrogen) atoms. The molecule has 1 heterocycles. The van der Waals surface area contributed by atoms with Crippen molar-refractivity contribution >= 4 is 11.9 Å². The van der Waals surface area contributed by atoms with Gasteiger partial charge in [-0.2, -0.15) is 0 Å². The van der Waals surface area contributed by atoms with Gasteiger partial charge in [0.25, 0.3) is 0 Å². The quantitative estimate of drug-likeness (QED) is 0.236. The number of aromatic hydroxyl groups is 2. The highest BCUT2D eigenvalue weighted by Crippen LogP contribution is 2.43. The smallest absolute Gasteiger partial charge is 0.306 e. The number of piperidine rings is 1. The maximum absolute atomic E-state index is 13.4. The van der Waals surface area contributed by atoms with Crippen LogP contribution < -0.4 is 0 Å². The Morgan fingerprint density at radius 2 is 1.04 bits per heavy atom. The number of benzene rings is 2. The summed E-state index contributed by atoms with van der Waals surface area (Å²) in [6, 6.07) is 8.11. The van der Waals surface area contributed by atoms with E-state index in [9.17, 15) is 19.8 Å². The Hall–Kier alpha value is -3.06. The second kappa shape index (κ2) is 15.4. The minimum absolute atomic E-state index is 0.170. The molecule has 0 aliphatic carbocycles. The first-order valence-corrected chi connectivity index (χ1v) is 19.3. The summed E-state index contributed by atoms with van der Waals surface area (Å²) in [5, 5.41) is 22.2. The van der Waals surface area contributed by atoms with Gasteiger partial charge in [-0.25, -0.2) is 0 Å². The highest BCUT2D eigenvalue weighted by atomic mass is 16.5. The summed E-state index contributed by atoms with van der Waals surface area (Å²) in [7, 11) is 0. The number of likely N-dealkylation sites (tertiary alicyclic amines) is 1. The van der Waals surface area contributed by atoms with Crippen LogP contribution in [0.1, 0.15) is 170 Å². The van der Waals surface area contributed by atoms with Crippen LogP contribution in [0, 0.1) is 0 Å². The highest BCUT2D eigenvalue weighted by molar-refractivity contribution is 5.70. The highest BCUT2D eigenvalue weighted by Gasteiger charge is 2.48. The second-order valence-electron chi connectivity index (χ2n) is 20.4. The standard InChI is InChI=1S/C45H71NO6/c1-40(2,3)31-25-29(26-32(38(31)49)41(4,5)6)17-19-36(47)51-24-23-46-44(13,14)22-21-35(45(46,15)16)52-37(48)20-18-30-27-33(42(7,8)9)39(50)34(28-30)43(10,11)12/h25-28,35,49-50H,17-24H2,1-16H3. The number of phenols is 2. The maximum atomic E-state index is 13.4. The molecule has 1 saturated heterocycles. The zero-order valence-corrected chi connectivity index (χ0v) is 35.5. The zero-order valence-electron chi connectivity index (χ0n) is 35.5. The number of esters is 2. The van der Waals surface area contributed by atoms with Crippen LogP contribution in [0.5, 0.6) is 11.5 Å². The monoisotopic (exact) mass is 722 g/mol. The molecule has 0 spiro atoms. The average Bonchev–Trinajstić information content (AvgIpc) is 2.96. The zero-order chi connectivity index (χ0) is 39.8. The van der Waals surface area contributed by atoms with Gasteiger partial charge in [-0.05, 0) is 108 Å². The normalized spacial score (nSPS) is 18.3. The molecule has 2 aromatic carbocycles. The van der Waals surface area contributed by atoms with E-state index in [1.807, 2.05) is 24.3 Å². The first-order chi connectivity index (χ1) is 23.5. The molecule has 292 valence electrons. The van der Waals surface area contributed by atoms with Crippen LogP contribution in [0.4, 0.5) is 0 Å². The number of rotatable bonds is 10. The molecule has 7 nitrogen and oxygen atoms in total. The number of phenolic OH excluding ortho intramolecular Hbond substituents is 2. The Morgan fingerprint density at radius 3 is 1.40 bits per heavy atom. The van der Waals surface area contributed by atoms with Crippen LogP contribution in [0.2, 0.25) is 0 Å². The number of carbonyl (C=O) groups is 2. The van der Waals surface area contributed by atoms with E-state index < -0.39 is 5.54 Å². The van der Waals surface area contributed by atoms with Crippen molar-refractivity contribution in [2.75, 3.05) is 13.2 Å². The Labute approximate surface area is 315 Å². The van der Waals surface area contributed by atoms with Crippen molar-refractivity contribution in [1.82, 2.24) is 4.90 Å². The molecule has 0 amide bonds. The third kappa shape index (κ3) is 10.5. The van der Waals surface area contributed by atoms with Crippen LogP contribution in [0.15, 0.2) is 24.3 Å². The lowest BCUT2D eigenvalue weighted by atomic mass is 9.77. The predicted octanol–water partition coefficient (Wildman–Crippen LogP) is 9.96. The molecule has 0 bridgehead atoms. The van der Waals surface area contributed by atoms with E-state index in [1.54, 1.807) is 0 Å². The van der Waals surface area contributed by atoms with E-state index in [0.717, 1.165) is 46.2 Å². The lowest BCUT2D eigenvalue weighted by Gasteiger charge is -2.55. The number of hydrogen-bond donors (Lipinski definition) is 2. The molecule has 0 saturated carbocycles. The minimum Gasteiger partial charge on any atom is -0.507 e. The van der Waals surface area contributed by atoms with Gasteiger partial charge < -0.3 is 19.7 Å². The maximum Gasteiger partial charge on any atom is 0.306 e. The third-order valence-corrected chi connectivity index (χ3v) is 10.9. The molecule has 7 heteroatoms. The van der Waals surface area contributed by atoms with E-state index in [0.29, 0.717) is 30.9 Å². The molecule has 2 N–H and O–H groups in total. The predicted molar refractivity (Wildman–Crippen MR) is 213 cm³/mol. The van der Waals surface area contributed by atoms with E-state index in [2.05, 4.69) is 116 Å². The summed E-state index contributed by atoms with van der Waals surface area (Å²) < 4.78 is 12.0. The van der Waals surface area contributed by atoms with Gasteiger partial charge >= 0.3 is 11.9 Å². The molecule has 1 unspecified atom stereocenters. The van der Waals surface area contributed by atoms with Gasteiger partial charge in [0, 0.05) is 24.9 Å². The minimum atomic E-state index is -0.472. The molecule has 1 atom stereocenters. The number of carbonyl (C=O) groups excluding carboxylic acids is 2. The molecule has 1 aliphatic rings. The van der Waals surface area contributed by atoms with Gasteiger partial charge in [-0.1, -0.05) is 107 Å². The topological polar surface area (TPSA) is 96.3 Å². The lowest BCUT2D eigenvalue weighted by molar-refractivity contribution is -0.172. The fourth-order valence-electron chi connectivity index (χ4n) is 7.72. The van der Waals surface area contributed by atoms with Crippen molar-refractivity contribution in [1.29, 1.82) is 0 Å². The van der Waals surface area contributed by atoms with Crippen molar-refractivity contribution in [3.8, 4) is 11.5 Å². The van der Waals surface area contributed by atoms with Gasteiger partial charge in [-0.3, -0.25) is 14.5 Å². The molecule has 1 fully saturated rings. The van der Waals surface area contributed by atoms with E-state index in [4.69, 9.17) is 9.47 Å². The van der Waals surface area contributed by atoms with Crippen molar-refractivity contribution in [3.63, 3.8) is 0 Å². The number of aryl methyl sites for hydroxylation is 2. The molecule has 3 rings (SSSR count). The Kier molecular flexibility index (Phi) is 12.8. The van der Waals surface area contributed by atoms with Crippen LogP contribution in [0.3, 0.4) is 0 Å². The fourth-order valence-corrected chi connectivity index (χ4v) is 7.72. The number of nitrogens with zero attached hydrogens (tertiary/aromatic N) is 1. The summed E-state index contributed by atoms with van der Waals surface area (Å²) in [5.41, 5.74) is 3.99. The van der Waals surface area contributed by atoms with Gasteiger partial charge in [-0.15, -0.1) is 0 Å². The van der Waals surface area contributed by atoms with Gasteiger partial charge in [0.1, 0.15) is 24.2 Å². The Bertz CT molecular complexity index is 1520. The molecule has 0 aromatic heterocycles. The Balaban J connectivity index is 1.64. The Morgan fingerprint density at radius 1 is 0.673 bits per heavy atom. The van der Waals surface area contributed by atoms with Crippen LogP contribution >= 0.6 is 0 Å². The molecule has 2 aromatic rings. The van der Waals surface area contributed by atoms with E-state index in [-0.39, 0.29) is 64.7 Å². The fraction of sp³-hybridized carbons (Fsp3) is 0.689. The van der Waals surface area contributed by atoms with Crippen LogP contribution in [-0.4, -0.2) is 57.4 Å². The molecule has 0 radical (unpaired) electrons. The average molecular weight is 722 g/mol. The van der Waals surface area contributed by atoms with Crippen molar-refractivity contribution in [3.05, 3.63) is 57.6 Å². The third-order valence-electron chi connectivity index (χ3n) is 10.9. The van der Waals surface area contributed by atoms with Crippen molar-refractivity contribution < 1.29 is 29.3 Å². The van der Waals surface area contributed by atoms with Gasteiger partial charge in [0.05, 0.1) is 5.54 Å². The molecular weight excluding hydrogens is 650 g/mol. The van der Waals surface area contributed by atoms with Crippen LogP contribution in [-0.2, 0) is 53.6 Å². The lowest BCUT2D eigenvalue weighted by Crippen LogP contribution is -2.65. The first kappa shape index (κ1) is 43.3. The summed E-state index contributed by atoms with van der Waals surface area (Å²) in [6.45, 7) is 34.5. The molecular formula is C45H71NO6. The second-order valence-corrected chi connectivity index (χ2v) is 20.4. The van der Waals surface area contributed by atoms with E-state index in [1.165, 1.54) is 0 Å². The SMILES string of the molecule is CC(C)(C)c1cc(CCC(=O)OCCN2C(C)(C)CCC(OC(=O)CCc3cc(C(C)(C)C)c(O)c(C(C)(C)C)c3)C2(C)C)cc(C(C)(C)C)c1O.